The number of carbonyl (C=O) groups is 1. The van der Waals surface area contributed by atoms with Gasteiger partial charge in [-0.1, -0.05) is 6.42 Å². The minimum atomic E-state index is -4.00. The molecule has 0 heterocycles. The lowest BCUT2D eigenvalue weighted by Gasteiger charge is -2.08. The van der Waals surface area contributed by atoms with E-state index in [0.717, 1.165) is 0 Å². The van der Waals surface area contributed by atoms with E-state index in [1.165, 1.54) is 0 Å². The third kappa shape index (κ3) is 1.78. The van der Waals surface area contributed by atoms with Crippen LogP contribution in [0.5, 0.6) is 0 Å². The average Bonchev–Trinajstić information content (AvgIpc) is 2.31. The maximum Gasteiger partial charge on any atom is 0.268 e. The molecule has 0 spiro atoms. The molecule has 0 radical (unpaired) electrons. The number of carbonyl (C=O) groups excluding carboxylic acids is 1. The molecule has 5 heteroatoms. The summed E-state index contributed by atoms with van der Waals surface area (Å²) in [6.07, 6.45) is 2.30. The Kier molecular flexibility index (Phi) is 2.29. The molecule has 0 bridgehead atoms. The van der Waals surface area contributed by atoms with Crippen molar-refractivity contribution < 1.29 is 17.8 Å². The van der Waals surface area contributed by atoms with Gasteiger partial charge in [-0.15, -0.1) is 0 Å². The Labute approximate surface area is 65.3 Å². The van der Waals surface area contributed by atoms with Gasteiger partial charge in [0.05, 0.1) is 5.25 Å². The van der Waals surface area contributed by atoms with Crippen LogP contribution in [-0.2, 0) is 14.9 Å². The van der Waals surface area contributed by atoms with E-state index < -0.39 is 21.3 Å². The van der Waals surface area contributed by atoms with Gasteiger partial charge in [-0.2, -0.15) is 8.42 Å². The summed E-state index contributed by atoms with van der Waals surface area (Å²) in [6.45, 7) is 0. The Morgan fingerprint density at radius 1 is 1.36 bits per heavy atom. The van der Waals surface area contributed by atoms with E-state index in [9.17, 15) is 13.2 Å². The van der Waals surface area contributed by atoms with Crippen molar-refractivity contribution in [3.63, 3.8) is 0 Å². The second-order valence-corrected chi connectivity index (χ2v) is 4.42. The van der Waals surface area contributed by atoms with Crippen LogP contribution in [0.25, 0.3) is 0 Å². The van der Waals surface area contributed by atoms with Gasteiger partial charge in [0, 0.05) is 5.92 Å². The molecule has 0 amide bonds. The molecule has 2 unspecified atom stereocenters. The summed E-state index contributed by atoms with van der Waals surface area (Å²) in [7, 11) is -4.00. The predicted octanol–water partition coefficient (Wildman–Crippen LogP) is 0.242. The van der Waals surface area contributed by atoms with Crippen LogP contribution in [0, 0.1) is 5.92 Å². The molecule has 2 atom stereocenters. The Morgan fingerprint density at radius 2 is 2.00 bits per heavy atom. The minimum Gasteiger partial charge on any atom is -0.303 e. The van der Waals surface area contributed by atoms with Crippen molar-refractivity contribution in [2.45, 2.75) is 24.5 Å². The molecular formula is C6H10O4S. The van der Waals surface area contributed by atoms with Crippen molar-refractivity contribution in [1.29, 1.82) is 0 Å². The van der Waals surface area contributed by atoms with Crippen molar-refractivity contribution in [3.8, 4) is 0 Å². The van der Waals surface area contributed by atoms with Crippen LogP contribution in [0.15, 0.2) is 0 Å². The molecule has 0 aromatic heterocycles. The number of rotatable bonds is 2. The highest BCUT2D eigenvalue weighted by atomic mass is 32.2. The zero-order valence-corrected chi connectivity index (χ0v) is 6.75. The largest absolute Gasteiger partial charge is 0.303 e. The van der Waals surface area contributed by atoms with Crippen molar-refractivity contribution in [2.75, 3.05) is 0 Å². The summed E-state index contributed by atoms with van der Waals surface area (Å²) >= 11 is 0. The third-order valence-electron chi connectivity index (χ3n) is 2.06. The lowest BCUT2D eigenvalue weighted by molar-refractivity contribution is -0.110. The highest BCUT2D eigenvalue weighted by Gasteiger charge is 2.35. The maximum absolute atomic E-state index is 10.6. The Hall–Kier alpha value is -0.420. The predicted molar refractivity (Wildman–Crippen MR) is 38.7 cm³/mol. The lowest BCUT2D eigenvalue weighted by Crippen LogP contribution is -2.25. The minimum absolute atomic E-state index is 0.405. The van der Waals surface area contributed by atoms with Crippen LogP contribution in [0.2, 0.25) is 0 Å². The van der Waals surface area contributed by atoms with E-state index in [1.807, 2.05) is 0 Å². The van der Waals surface area contributed by atoms with Crippen LogP contribution in [0.3, 0.4) is 0 Å². The van der Waals surface area contributed by atoms with Gasteiger partial charge in [0.1, 0.15) is 6.29 Å². The van der Waals surface area contributed by atoms with Crippen molar-refractivity contribution in [1.82, 2.24) is 0 Å². The van der Waals surface area contributed by atoms with Gasteiger partial charge in [-0.25, -0.2) is 0 Å². The highest BCUT2D eigenvalue weighted by Crippen LogP contribution is 2.28. The summed E-state index contributed by atoms with van der Waals surface area (Å²) in [4.78, 5) is 10.3. The van der Waals surface area contributed by atoms with Crippen LogP contribution in [0.1, 0.15) is 19.3 Å². The van der Waals surface area contributed by atoms with E-state index >= 15 is 0 Å². The zero-order chi connectivity index (χ0) is 8.48. The first-order valence-electron chi connectivity index (χ1n) is 3.47. The molecule has 0 aromatic carbocycles. The molecular weight excluding hydrogens is 168 g/mol. The smallest absolute Gasteiger partial charge is 0.268 e. The molecule has 11 heavy (non-hydrogen) atoms. The quantitative estimate of drug-likeness (QED) is 0.485. The van der Waals surface area contributed by atoms with E-state index in [-0.39, 0.29) is 0 Å². The number of aldehydes is 1. The van der Waals surface area contributed by atoms with E-state index in [1.54, 1.807) is 0 Å². The molecule has 0 aliphatic heterocycles. The summed E-state index contributed by atoms with van der Waals surface area (Å²) < 4.78 is 29.8. The first kappa shape index (κ1) is 8.67. The van der Waals surface area contributed by atoms with Gasteiger partial charge in [0.15, 0.2) is 0 Å². The molecule has 0 aromatic rings. The fraction of sp³-hybridized carbons (Fsp3) is 0.833. The molecule has 1 aliphatic carbocycles. The SMILES string of the molecule is O=CC1CCCC1S(=O)(=O)O. The van der Waals surface area contributed by atoms with Gasteiger partial charge < -0.3 is 4.79 Å². The zero-order valence-electron chi connectivity index (χ0n) is 5.93. The van der Waals surface area contributed by atoms with Crippen molar-refractivity contribution in [3.05, 3.63) is 0 Å². The van der Waals surface area contributed by atoms with E-state index in [2.05, 4.69) is 0 Å². The second-order valence-electron chi connectivity index (χ2n) is 2.78. The first-order chi connectivity index (χ1) is 5.05. The van der Waals surface area contributed by atoms with Gasteiger partial charge >= 0.3 is 0 Å². The maximum atomic E-state index is 10.6. The third-order valence-corrected chi connectivity index (χ3v) is 3.41. The monoisotopic (exact) mass is 178 g/mol. The fourth-order valence-corrected chi connectivity index (χ4v) is 2.59. The second kappa shape index (κ2) is 2.91. The molecule has 1 fully saturated rings. The first-order valence-corrected chi connectivity index (χ1v) is 4.97. The van der Waals surface area contributed by atoms with Gasteiger partial charge in [0.2, 0.25) is 0 Å². The van der Waals surface area contributed by atoms with E-state index in [0.29, 0.717) is 25.5 Å². The van der Waals surface area contributed by atoms with Crippen LogP contribution < -0.4 is 0 Å². The summed E-state index contributed by atoms with van der Waals surface area (Å²) in [5.74, 6) is -0.495. The molecule has 4 nitrogen and oxygen atoms in total. The summed E-state index contributed by atoms with van der Waals surface area (Å²) in [5, 5.41) is -0.847. The Morgan fingerprint density at radius 3 is 2.36 bits per heavy atom. The van der Waals surface area contributed by atoms with Gasteiger partial charge in [-0.05, 0) is 12.8 Å². The Balaban J connectivity index is 2.80. The van der Waals surface area contributed by atoms with Crippen molar-refractivity contribution in [2.24, 2.45) is 5.92 Å². The molecule has 1 saturated carbocycles. The van der Waals surface area contributed by atoms with Crippen LogP contribution >= 0.6 is 0 Å². The molecule has 64 valence electrons. The van der Waals surface area contributed by atoms with E-state index in [4.69, 9.17) is 4.55 Å². The topological polar surface area (TPSA) is 71.4 Å². The van der Waals surface area contributed by atoms with Gasteiger partial charge in [-0.3, -0.25) is 4.55 Å². The average molecular weight is 178 g/mol. The lowest BCUT2D eigenvalue weighted by atomic mass is 10.1. The number of hydrogen-bond acceptors (Lipinski definition) is 3. The summed E-state index contributed by atoms with van der Waals surface area (Å²) in [6, 6.07) is 0. The fourth-order valence-electron chi connectivity index (χ4n) is 1.48. The standard InChI is InChI=1S/C6H10O4S/c7-4-5-2-1-3-6(5)11(8,9)10/h4-6H,1-3H2,(H,8,9,10). The highest BCUT2D eigenvalue weighted by molar-refractivity contribution is 7.86. The summed E-state index contributed by atoms with van der Waals surface area (Å²) in [5.41, 5.74) is 0. The molecule has 1 aliphatic rings. The molecule has 1 N–H and O–H groups in total. The number of hydrogen-bond donors (Lipinski definition) is 1. The molecule has 1 rings (SSSR count). The van der Waals surface area contributed by atoms with Crippen LogP contribution in [0.4, 0.5) is 0 Å². The van der Waals surface area contributed by atoms with Gasteiger partial charge in [0.25, 0.3) is 10.1 Å². The van der Waals surface area contributed by atoms with Crippen LogP contribution in [-0.4, -0.2) is 24.5 Å². The molecule has 0 saturated heterocycles. The Bertz CT molecular complexity index is 243. The van der Waals surface area contributed by atoms with Crippen molar-refractivity contribution >= 4 is 16.4 Å². The normalized spacial score (nSPS) is 32.1.